The van der Waals surface area contributed by atoms with Crippen molar-refractivity contribution in [1.29, 1.82) is 0 Å². The topological polar surface area (TPSA) is 70.9 Å². The number of rotatable bonds is 4. The number of H-pyrrole nitrogens is 1. The number of carbonyl (C=O) groups is 1. The first-order chi connectivity index (χ1) is 8.66. The van der Waals surface area contributed by atoms with Crippen molar-refractivity contribution in [2.75, 3.05) is 12.3 Å². The Morgan fingerprint density at radius 3 is 2.83 bits per heavy atom. The van der Waals surface area contributed by atoms with Crippen LogP contribution in [0.15, 0.2) is 36.5 Å². The maximum atomic E-state index is 11.7. The van der Waals surface area contributed by atoms with Crippen LogP contribution in [0.3, 0.4) is 0 Å². The summed E-state index contributed by atoms with van der Waals surface area (Å²) in [7, 11) is 0. The first kappa shape index (κ1) is 12.2. The van der Waals surface area contributed by atoms with Gasteiger partial charge in [-0.25, -0.2) is 0 Å². The summed E-state index contributed by atoms with van der Waals surface area (Å²) in [5.41, 5.74) is 9.11. The lowest BCUT2D eigenvalue weighted by Gasteiger charge is -2.06. The summed E-state index contributed by atoms with van der Waals surface area (Å²) in [6, 6.07) is 9.80. The van der Waals surface area contributed by atoms with Crippen LogP contribution in [-0.4, -0.2) is 17.4 Å². The summed E-state index contributed by atoms with van der Waals surface area (Å²) in [5.74, 6) is -0.125. The largest absolute Gasteiger partial charge is 0.397 e. The fraction of sp³-hybridized carbons (Fsp3) is 0.214. The Bertz CT molecular complexity index is 545. The van der Waals surface area contributed by atoms with Gasteiger partial charge in [-0.15, -0.1) is 0 Å². The molecule has 0 bridgehead atoms. The monoisotopic (exact) mass is 243 g/mol. The molecule has 0 unspecified atom stereocenters. The smallest absolute Gasteiger partial charge is 0.267 e. The van der Waals surface area contributed by atoms with E-state index in [-0.39, 0.29) is 5.91 Å². The molecule has 0 aliphatic rings. The molecular weight excluding hydrogens is 226 g/mol. The zero-order valence-electron chi connectivity index (χ0n) is 10.4. The number of carbonyl (C=O) groups excluding carboxylic acids is 1. The lowest BCUT2D eigenvalue weighted by atomic mass is 10.1. The van der Waals surface area contributed by atoms with Gasteiger partial charge in [0.2, 0.25) is 0 Å². The normalized spacial score (nSPS) is 10.3. The van der Waals surface area contributed by atoms with Crippen molar-refractivity contribution in [1.82, 2.24) is 10.3 Å². The molecule has 4 N–H and O–H groups in total. The maximum Gasteiger partial charge on any atom is 0.267 e. The van der Waals surface area contributed by atoms with Gasteiger partial charge in [-0.1, -0.05) is 24.3 Å². The quantitative estimate of drug-likeness (QED) is 0.767. The number of aromatic nitrogens is 1. The molecule has 0 saturated carbocycles. The number of nitrogen functional groups attached to an aromatic ring is 1. The van der Waals surface area contributed by atoms with Crippen LogP contribution < -0.4 is 11.1 Å². The van der Waals surface area contributed by atoms with Crippen LogP contribution >= 0.6 is 0 Å². The van der Waals surface area contributed by atoms with E-state index in [4.69, 9.17) is 5.73 Å². The van der Waals surface area contributed by atoms with Crippen molar-refractivity contribution in [3.05, 3.63) is 53.3 Å². The summed E-state index contributed by atoms with van der Waals surface area (Å²) in [6.45, 7) is 2.69. The highest BCUT2D eigenvalue weighted by atomic mass is 16.1. The number of aromatic amines is 1. The highest BCUT2D eigenvalue weighted by molar-refractivity contribution is 5.93. The van der Waals surface area contributed by atoms with Crippen LogP contribution in [-0.2, 0) is 6.42 Å². The Morgan fingerprint density at radius 1 is 1.39 bits per heavy atom. The molecule has 18 heavy (non-hydrogen) atoms. The molecule has 0 spiro atoms. The number of nitrogens with one attached hydrogen (secondary N) is 2. The zero-order chi connectivity index (χ0) is 13.0. The minimum Gasteiger partial charge on any atom is -0.397 e. The highest BCUT2D eigenvalue weighted by Crippen LogP contribution is 2.07. The predicted octanol–water partition coefficient (Wildman–Crippen LogP) is 1.88. The average Bonchev–Trinajstić information content (AvgIpc) is 2.78. The molecule has 0 saturated heterocycles. The van der Waals surface area contributed by atoms with Crippen molar-refractivity contribution >= 4 is 11.6 Å². The van der Waals surface area contributed by atoms with Gasteiger partial charge in [0.25, 0.3) is 5.91 Å². The average molecular weight is 243 g/mol. The van der Waals surface area contributed by atoms with Gasteiger partial charge in [0, 0.05) is 18.4 Å². The molecule has 0 aliphatic carbocycles. The van der Waals surface area contributed by atoms with E-state index in [1.807, 2.05) is 12.1 Å². The molecule has 4 nitrogen and oxygen atoms in total. The van der Waals surface area contributed by atoms with Gasteiger partial charge in [-0.3, -0.25) is 4.79 Å². The van der Waals surface area contributed by atoms with Crippen molar-refractivity contribution in [3.63, 3.8) is 0 Å². The third kappa shape index (κ3) is 2.91. The zero-order valence-corrected chi connectivity index (χ0v) is 10.4. The van der Waals surface area contributed by atoms with Crippen molar-refractivity contribution in [2.24, 2.45) is 0 Å². The molecule has 1 aromatic heterocycles. The molecule has 4 heteroatoms. The lowest BCUT2D eigenvalue weighted by Crippen LogP contribution is -2.26. The first-order valence-electron chi connectivity index (χ1n) is 5.93. The van der Waals surface area contributed by atoms with E-state index >= 15 is 0 Å². The van der Waals surface area contributed by atoms with Crippen LogP contribution in [0.4, 0.5) is 5.69 Å². The van der Waals surface area contributed by atoms with E-state index in [0.717, 1.165) is 6.42 Å². The van der Waals surface area contributed by atoms with Crippen molar-refractivity contribution < 1.29 is 4.79 Å². The van der Waals surface area contributed by atoms with Crippen LogP contribution in [0.2, 0.25) is 0 Å². The van der Waals surface area contributed by atoms with Gasteiger partial charge in [-0.05, 0) is 30.5 Å². The van der Waals surface area contributed by atoms with Crippen LogP contribution in [0.1, 0.15) is 21.6 Å². The standard InChI is InChI=1S/C14H17N3O/c1-10-4-2-3-5-11(10)6-7-16-14(18)13-8-12(15)9-17-13/h2-5,8-9,17H,6-7,15H2,1H3,(H,16,18). The van der Waals surface area contributed by atoms with E-state index in [1.54, 1.807) is 12.3 Å². The second-order valence-corrected chi connectivity index (χ2v) is 4.28. The molecule has 1 aromatic carbocycles. The molecule has 0 fully saturated rings. The van der Waals surface area contributed by atoms with E-state index in [1.165, 1.54) is 11.1 Å². The molecule has 0 atom stereocenters. The van der Waals surface area contributed by atoms with Crippen molar-refractivity contribution in [2.45, 2.75) is 13.3 Å². The Labute approximate surface area is 106 Å². The summed E-state index contributed by atoms with van der Waals surface area (Å²) >= 11 is 0. The Hall–Kier alpha value is -2.23. The summed E-state index contributed by atoms with van der Waals surface area (Å²) in [5, 5.41) is 2.86. The van der Waals surface area contributed by atoms with Crippen LogP contribution in [0.25, 0.3) is 0 Å². The molecule has 2 rings (SSSR count). The third-order valence-electron chi connectivity index (χ3n) is 2.89. The fourth-order valence-corrected chi connectivity index (χ4v) is 1.84. The minimum absolute atomic E-state index is 0.125. The predicted molar refractivity (Wildman–Crippen MR) is 72.4 cm³/mol. The molecule has 0 aliphatic heterocycles. The van der Waals surface area contributed by atoms with Crippen LogP contribution in [0.5, 0.6) is 0 Å². The summed E-state index contributed by atoms with van der Waals surface area (Å²) in [6.07, 6.45) is 2.44. The minimum atomic E-state index is -0.125. The van der Waals surface area contributed by atoms with E-state index < -0.39 is 0 Å². The number of hydrogen-bond acceptors (Lipinski definition) is 2. The van der Waals surface area contributed by atoms with E-state index in [0.29, 0.717) is 17.9 Å². The van der Waals surface area contributed by atoms with Gasteiger partial charge < -0.3 is 16.0 Å². The van der Waals surface area contributed by atoms with Crippen molar-refractivity contribution in [3.8, 4) is 0 Å². The van der Waals surface area contributed by atoms with Gasteiger partial charge in [0.05, 0.1) is 0 Å². The number of anilines is 1. The number of hydrogen-bond donors (Lipinski definition) is 3. The van der Waals surface area contributed by atoms with Gasteiger partial charge in [0.15, 0.2) is 0 Å². The molecule has 94 valence electrons. The molecule has 1 amide bonds. The Balaban J connectivity index is 1.86. The van der Waals surface area contributed by atoms with Crippen LogP contribution in [0, 0.1) is 6.92 Å². The molecule has 2 aromatic rings. The fourth-order valence-electron chi connectivity index (χ4n) is 1.84. The summed E-state index contributed by atoms with van der Waals surface area (Å²) in [4.78, 5) is 14.6. The summed E-state index contributed by atoms with van der Waals surface area (Å²) < 4.78 is 0. The van der Waals surface area contributed by atoms with Gasteiger partial charge >= 0.3 is 0 Å². The number of aryl methyl sites for hydroxylation is 1. The third-order valence-corrected chi connectivity index (χ3v) is 2.89. The Morgan fingerprint density at radius 2 is 2.17 bits per heavy atom. The van der Waals surface area contributed by atoms with Gasteiger partial charge in [0.1, 0.15) is 5.69 Å². The van der Waals surface area contributed by atoms with Gasteiger partial charge in [-0.2, -0.15) is 0 Å². The lowest BCUT2D eigenvalue weighted by molar-refractivity contribution is 0.0950. The second-order valence-electron chi connectivity index (χ2n) is 4.28. The SMILES string of the molecule is Cc1ccccc1CCNC(=O)c1cc(N)c[nH]1. The van der Waals surface area contributed by atoms with E-state index in [2.05, 4.69) is 29.4 Å². The molecule has 1 heterocycles. The Kier molecular flexibility index (Phi) is 3.67. The number of benzene rings is 1. The molecule has 0 radical (unpaired) electrons. The van der Waals surface area contributed by atoms with E-state index in [9.17, 15) is 4.79 Å². The highest BCUT2D eigenvalue weighted by Gasteiger charge is 2.06. The maximum absolute atomic E-state index is 11.7. The first-order valence-corrected chi connectivity index (χ1v) is 5.93. The molecular formula is C14H17N3O. The second kappa shape index (κ2) is 5.40. The number of nitrogens with two attached hydrogens (primary N) is 1. The number of amides is 1.